The molecule has 0 amide bonds. The van der Waals surface area contributed by atoms with Crippen LogP contribution in [0.5, 0.6) is 0 Å². The molecule has 0 saturated heterocycles. The van der Waals surface area contributed by atoms with Crippen LogP contribution in [-0.4, -0.2) is 4.57 Å². The highest BCUT2D eigenvalue weighted by Gasteiger charge is 2.24. The van der Waals surface area contributed by atoms with Crippen molar-refractivity contribution in [3.05, 3.63) is 276 Å². The topological polar surface area (TPSA) is 4.93 Å². The zero-order valence-corrected chi connectivity index (χ0v) is 39.2. The van der Waals surface area contributed by atoms with E-state index >= 15 is 0 Å². The minimum Gasteiger partial charge on any atom is -0.308 e. The molecule has 0 aliphatic heterocycles. The monoisotopic (exact) mass is 883 g/mol. The Morgan fingerprint density at radius 2 is 0.928 bits per heavy atom. The van der Waals surface area contributed by atoms with Crippen molar-refractivity contribution < 1.29 is 0 Å². The molecule has 10 aromatic rings. The highest BCUT2D eigenvalue weighted by Crippen LogP contribution is 2.46. The number of fused-ring (bicyclic) bond motifs is 3. The van der Waals surface area contributed by atoms with Gasteiger partial charge in [-0.25, -0.2) is 0 Å². The molecule has 1 heterocycles. The molecule has 0 spiro atoms. The van der Waals surface area contributed by atoms with Gasteiger partial charge < -0.3 is 4.57 Å². The maximum atomic E-state index is 2.55. The predicted molar refractivity (Wildman–Crippen MR) is 295 cm³/mol. The molecule has 9 aromatic carbocycles. The van der Waals surface area contributed by atoms with Crippen LogP contribution in [0, 0.1) is 13.8 Å². The smallest absolute Gasteiger partial charge is 0.0619 e. The number of aryl methyl sites for hydroxylation is 2. The van der Waals surface area contributed by atoms with E-state index in [1.165, 1.54) is 116 Å². The molecule has 0 radical (unpaired) electrons. The van der Waals surface area contributed by atoms with E-state index in [4.69, 9.17) is 0 Å². The van der Waals surface area contributed by atoms with Gasteiger partial charge in [0.2, 0.25) is 0 Å². The van der Waals surface area contributed by atoms with E-state index in [2.05, 4.69) is 261 Å². The van der Waals surface area contributed by atoms with E-state index in [0.29, 0.717) is 0 Å². The Morgan fingerprint density at radius 1 is 0.420 bits per heavy atom. The zero-order valence-electron chi connectivity index (χ0n) is 39.2. The third-order valence-corrected chi connectivity index (χ3v) is 14.2. The van der Waals surface area contributed by atoms with Crippen molar-refractivity contribution in [1.29, 1.82) is 0 Å². The first kappa shape index (κ1) is 42.1. The molecule has 1 atom stereocenters. The fourth-order valence-electron chi connectivity index (χ4n) is 10.9. The van der Waals surface area contributed by atoms with Gasteiger partial charge >= 0.3 is 0 Å². The van der Waals surface area contributed by atoms with Crippen molar-refractivity contribution >= 4 is 38.5 Å². The molecule has 0 N–H and O–H groups in total. The lowest BCUT2D eigenvalue weighted by molar-refractivity contribution is 0.871. The molecule has 1 unspecified atom stereocenters. The largest absolute Gasteiger partial charge is 0.308 e. The molecule has 69 heavy (non-hydrogen) atoms. The Hall–Kier alpha value is -8.26. The highest BCUT2D eigenvalue weighted by molar-refractivity contribution is 6.18. The molecule has 1 nitrogen and oxygen atoms in total. The lowest BCUT2D eigenvalue weighted by Crippen LogP contribution is -2.04. The van der Waals surface area contributed by atoms with E-state index in [9.17, 15) is 0 Å². The molecule has 2 aliphatic carbocycles. The number of allylic oxidation sites excluding steroid dienone is 8. The summed E-state index contributed by atoms with van der Waals surface area (Å²) in [5, 5.41) is 2.53. The molecule has 1 heteroatoms. The van der Waals surface area contributed by atoms with Gasteiger partial charge in [0.25, 0.3) is 0 Å². The predicted octanol–water partition coefficient (Wildman–Crippen LogP) is 18.5. The zero-order chi connectivity index (χ0) is 46.3. The number of para-hydroxylation sites is 1. The van der Waals surface area contributed by atoms with Crippen LogP contribution in [0.4, 0.5) is 0 Å². The average Bonchev–Trinajstić information content (AvgIpc) is 3.75. The van der Waals surface area contributed by atoms with E-state index in [0.717, 1.165) is 24.9 Å². The lowest BCUT2D eigenvalue weighted by atomic mass is 9.81. The number of hydrogen-bond donors (Lipinski definition) is 0. The summed E-state index contributed by atoms with van der Waals surface area (Å²) in [6.07, 6.45) is 14.7. The number of rotatable bonds is 9. The van der Waals surface area contributed by atoms with Crippen molar-refractivity contribution in [3.63, 3.8) is 0 Å². The molecule has 12 rings (SSSR count). The summed E-state index contributed by atoms with van der Waals surface area (Å²) in [4.78, 5) is 0. The van der Waals surface area contributed by atoms with Crippen molar-refractivity contribution in [1.82, 2.24) is 4.57 Å². The summed E-state index contributed by atoms with van der Waals surface area (Å²) in [5.41, 5.74) is 25.0. The third-order valence-electron chi connectivity index (χ3n) is 14.2. The van der Waals surface area contributed by atoms with Crippen LogP contribution in [0.15, 0.2) is 243 Å². The van der Waals surface area contributed by atoms with Gasteiger partial charge in [0.1, 0.15) is 0 Å². The summed E-state index contributed by atoms with van der Waals surface area (Å²) in [7, 11) is 0. The number of aromatic nitrogens is 1. The number of nitrogens with zero attached hydrogens (tertiary/aromatic N) is 1. The van der Waals surface area contributed by atoms with Crippen molar-refractivity contribution in [3.8, 4) is 50.2 Å². The summed E-state index contributed by atoms with van der Waals surface area (Å²) in [5.74, 6) is 0.276. The fraction of sp³-hybridized carbons (Fsp3) is 0.0882. The van der Waals surface area contributed by atoms with Crippen LogP contribution in [0.2, 0.25) is 0 Å². The Labute approximate surface area is 406 Å². The van der Waals surface area contributed by atoms with E-state index in [1.807, 2.05) is 0 Å². The van der Waals surface area contributed by atoms with Crippen molar-refractivity contribution in [2.45, 2.75) is 39.0 Å². The van der Waals surface area contributed by atoms with Crippen molar-refractivity contribution in [2.24, 2.45) is 0 Å². The summed E-state index contributed by atoms with van der Waals surface area (Å²) in [6, 6.07) is 78.9. The van der Waals surface area contributed by atoms with E-state index in [1.54, 1.807) is 0 Å². The fourth-order valence-corrected chi connectivity index (χ4v) is 10.9. The van der Waals surface area contributed by atoms with Crippen molar-refractivity contribution in [2.75, 3.05) is 0 Å². The van der Waals surface area contributed by atoms with Gasteiger partial charge in [0.05, 0.1) is 11.0 Å². The van der Waals surface area contributed by atoms with Gasteiger partial charge in [-0.1, -0.05) is 176 Å². The minimum atomic E-state index is 0.276. The SMILES string of the molecule is Cc1cc(-c2cccc(C3=CC(c4ccccc4)=CC(c4ccccc4)C3)c2)c2c(c1)c1cc(C)cc(-c3cccc(-c4cc(C5=CC=CCC5)cc(-c5ccccc5)c4)c3)c1n2-c1ccccc1. The van der Waals surface area contributed by atoms with Crippen LogP contribution in [0.1, 0.15) is 58.6 Å². The Morgan fingerprint density at radius 3 is 1.55 bits per heavy atom. The molecular weight excluding hydrogens is 831 g/mol. The van der Waals surface area contributed by atoms with E-state index in [-0.39, 0.29) is 5.92 Å². The van der Waals surface area contributed by atoms with Gasteiger partial charge in [-0.05, 0) is 183 Å². The second-order valence-electron chi connectivity index (χ2n) is 19.0. The highest BCUT2D eigenvalue weighted by atomic mass is 15.0. The van der Waals surface area contributed by atoms with Crippen LogP contribution >= 0.6 is 0 Å². The molecule has 1 aromatic heterocycles. The molecule has 330 valence electrons. The standard InChI is InChI=1S/C68H53N/c1-46-34-63(54-30-18-28-52(38-54)60-42-56(48-20-8-3-9-21-48)40-57(43-60)49-22-10-4-11-23-49)67-65(36-46)66-37-47(2)35-64(68(66)69(67)62-32-16-7-17-33-62)55-31-19-29-53(39-55)61-44-58(50-24-12-5-13-25-50)41-59(45-61)51-26-14-6-15-27-51/h3-14,16-26,28-42,44-45,57H,15,27,43H2,1-2H3. The van der Waals surface area contributed by atoms with E-state index < -0.39 is 0 Å². The van der Waals surface area contributed by atoms with Crippen LogP contribution < -0.4 is 0 Å². The normalized spacial score (nSPS) is 14.7. The molecule has 0 bridgehead atoms. The Balaban J connectivity index is 1.04. The molecule has 0 fully saturated rings. The first-order valence-electron chi connectivity index (χ1n) is 24.5. The second kappa shape index (κ2) is 18.1. The first-order chi connectivity index (χ1) is 34.0. The molecule has 2 aliphatic rings. The summed E-state index contributed by atoms with van der Waals surface area (Å²) >= 11 is 0. The molecule has 0 saturated carbocycles. The summed E-state index contributed by atoms with van der Waals surface area (Å²) in [6.45, 7) is 4.50. The third kappa shape index (κ3) is 8.21. The van der Waals surface area contributed by atoms with Crippen LogP contribution in [-0.2, 0) is 0 Å². The van der Waals surface area contributed by atoms with Gasteiger partial charge in [-0.3, -0.25) is 0 Å². The first-order valence-corrected chi connectivity index (χ1v) is 24.5. The lowest BCUT2D eigenvalue weighted by Gasteiger charge is -2.23. The summed E-state index contributed by atoms with van der Waals surface area (Å²) < 4.78 is 2.55. The van der Waals surface area contributed by atoms with Crippen LogP contribution in [0.25, 0.3) is 88.7 Å². The second-order valence-corrected chi connectivity index (χ2v) is 19.0. The Bertz CT molecular complexity index is 3670. The maximum absolute atomic E-state index is 2.55. The maximum Gasteiger partial charge on any atom is 0.0619 e. The minimum absolute atomic E-state index is 0.276. The van der Waals surface area contributed by atoms with Gasteiger partial charge in [-0.2, -0.15) is 0 Å². The van der Waals surface area contributed by atoms with Crippen LogP contribution in [0.3, 0.4) is 0 Å². The van der Waals surface area contributed by atoms with Gasteiger partial charge in [0, 0.05) is 33.5 Å². The Kier molecular flexibility index (Phi) is 11.0. The quantitative estimate of drug-likeness (QED) is 0.136. The number of hydrogen-bond acceptors (Lipinski definition) is 0. The van der Waals surface area contributed by atoms with Gasteiger partial charge in [-0.15, -0.1) is 0 Å². The number of benzene rings is 9. The average molecular weight is 884 g/mol. The van der Waals surface area contributed by atoms with Gasteiger partial charge in [0.15, 0.2) is 0 Å². The molecular formula is C68H53N.